The largest absolute Gasteiger partial charge is 0.439 e. The van der Waals surface area contributed by atoms with E-state index < -0.39 is 11.7 Å². The Hall–Kier alpha value is -2.44. The molecular weight excluding hydrogens is 272 g/mol. The van der Waals surface area contributed by atoms with Crippen molar-refractivity contribution in [3.63, 3.8) is 0 Å². The normalized spacial score (nSPS) is 21.5. The van der Waals surface area contributed by atoms with E-state index in [4.69, 9.17) is 10.5 Å². The minimum Gasteiger partial charge on any atom is -0.439 e. The Morgan fingerprint density at radius 2 is 2.14 bits per heavy atom. The van der Waals surface area contributed by atoms with E-state index in [1.54, 1.807) is 28.3 Å². The first-order valence-electron chi connectivity index (χ1n) is 6.87. The molecule has 1 amide bonds. The number of anilines is 1. The summed E-state index contributed by atoms with van der Waals surface area (Å²) in [4.78, 5) is 23.8. The monoisotopic (exact) mass is 290 g/mol. The number of carbonyl (C=O) groups is 1. The third-order valence-corrected chi connectivity index (χ3v) is 4.12. The molecule has 21 heavy (non-hydrogen) atoms. The average molecular weight is 290 g/mol. The van der Waals surface area contributed by atoms with Crippen molar-refractivity contribution in [2.24, 2.45) is 7.05 Å². The van der Waals surface area contributed by atoms with Crippen LogP contribution in [0, 0.1) is 0 Å². The molecule has 0 bridgehead atoms. The number of aromatic nitrogens is 2. The van der Waals surface area contributed by atoms with E-state index in [1.165, 1.54) is 0 Å². The van der Waals surface area contributed by atoms with Gasteiger partial charge in [-0.15, -0.1) is 0 Å². The van der Waals surface area contributed by atoms with Crippen LogP contribution in [-0.2, 0) is 18.3 Å². The summed E-state index contributed by atoms with van der Waals surface area (Å²) >= 11 is 0. The van der Waals surface area contributed by atoms with Gasteiger partial charge in [0.1, 0.15) is 5.60 Å². The van der Waals surface area contributed by atoms with Crippen LogP contribution >= 0.6 is 0 Å². The molecular formula is C14H18N4O3. The van der Waals surface area contributed by atoms with Crippen LogP contribution in [0.25, 0.3) is 11.0 Å². The Labute approximate surface area is 121 Å². The number of nitrogens with one attached hydrogen (secondary N) is 1. The van der Waals surface area contributed by atoms with E-state index in [0.29, 0.717) is 25.2 Å². The van der Waals surface area contributed by atoms with E-state index in [0.717, 1.165) is 11.0 Å². The average Bonchev–Trinajstić information content (AvgIpc) is 2.94. The van der Waals surface area contributed by atoms with Gasteiger partial charge in [-0.3, -0.25) is 9.13 Å². The van der Waals surface area contributed by atoms with Crippen LogP contribution in [0.3, 0.4) is 0 Å². The van der Waals surface area contributed by atoms with Crippen molar-refractivity contribution >= 4 is 22.8 Å². The fourth-order valence-electron chi connectivity index (χ4n) is 2.77. The topological polar surface area (TPSA) is 91.3 Å². The van der Waals surface area contributed by atoms with Gasteiger partial charge in [-0.05, 0) is 24.6 Å². The molecule has 1 fully saturated rings. The number of rotatable bonds is 3. The first kappa shape index (κ1) is 13.5. The number of benzene rings is 1. The molecule has 1 aromatic heterocycles. The minimum atomic E-state index is -0.695. The lowest BCUT2D eigenvalue weighted by Crippen LogP contribution is -2.40. The van der Waals surface area contributed by atoms with Crippen molar-refractivity contribution in [3.8, 4) is 0 Å². The van der Waals surface area contributed by atoms with E-state index in [-0.39, 0.29) is 5.69 Å². The predicted octanol–water partition coefficient (Wildman–Crippen LogP) is 0.811. The van der Waals surface area contributed by atoms with Gasteiger partial charge in [0.25, 0.3) is 0 Å². The Bertz CT molecular complexity index is 776. The maximum atomic E-state index is 12.5. The number of nitrogens with zero attached hydrogens (tertiary/aromatic N) is 2. The van der Waals surface area contributed by atoms with Crippen molar-refractivity contribution < 1.29 is 9.53 Å². The summed E-state index contributed by atoms with van der Waals surface area (Å²) in [5.41, 5.74) is 7.13. The molecule has 7 heteroatoms. The molecule has 0 saturated carbocycles. The number of alkyl carbamates (subject to hydrolysis) is 1. The molecule has 0 radical (unpaired) electrons. The van der Waals surface area contributed by atoms with Crippen LogP contribution < -0.4 is 16.7 Å². The summed E-state index contributed by atoms with van der Waals surface area (Å²) in [7, 11) is 1.72. The van der Waals surface area contributed by atoms with Crippen molar-refractivity contribution in [2.75, 3.05) is 12.3 Å². The number of carbonyl (C=O) groups excluding carboxylic acids is 1. The fraction of sp³-hybridized carbons (Fsp3) is 0.429. The summed E-state index contributed by atoms with van der Waals surface area (Å²) in [6, 6.07) is 5.35. The highest BCUT2D eigenvalue weighted by Gasteiger charge is 2.40. The second kappa shape index (κ2) is 4.54. The smallest absolute Gasteiger partial charge is 0.407 e. The molecule has 1 saturated heterocycles. The molecule has 2 aromatic rings. The maximum absolute atomic E-state index is 12.5. The van der Waals surface area contributed by atoms with Gasteiger partial charge >= 0.3 is 11.8 Å². The van der Waals surface area contributed by atoms with Crippen molar-refractivity contribution in [2.45, 2.75) is 25.5 Å². The number of cyclic esters (lactones) is 1. The zero-order valence-corrected chi connectivity index (χ0v) is 12.0. The van der Waals surface area contributed by atoms with Crippen molar-refractivity contribution in [1.82, 2.24) is 14.5 Å². The maximum Gasteiger partial charge on any atom is 0.407 e. The Morgan fingerprint density at radius 1 is 1.38 bits per heavy atom. The van der Waals surface area contributed by atoms with Gasteiger partial charge in [0.05, 0.1) is 24.1 Å². The Balaban J connectivity index is 2.12. The van der Waals surface area contributed by atoms with E-state index >= 15 is 0 Å². The zero-order chi connectivity index (χ0) is 15.2. The summed E-state index contributed by atoms with van der Waals surface area (Å²) in [6.07, 6.45) is 0.182. The lowest BCUT2D eigenvalue weighted by Gasteiger charge is -2.25. The fourth-order valence-corrected chi connectivity index (χ4v) is 2.77. The van der Waals surface area contributed by atoms with E-state index in [1.807, 2.05) is 13.0 Å². The molecule has 2 heterocycles. The van der Waals surface area contributed by atoms with Crippen LogP contribution in [0.1, 0.15) is 13.3 Å². The number of nitrogens with two attached hydrogens (primary N) is 1. The predicted molar refractivity (Wildman–Crippen MR) is 79.1 cm³/mol. The molecule has 3 N–H and O–H groups in total. The van der Waals surface area contributed by atoms with Crippen LogP contribution in [-0.4, -0.2) is 27.4 Å². The third-order valence-electron chi connectivity index (χ3n) is 4.12. The first-order chi connectivity index (χ1) is 9.96. The number of aryl methyl sites for hydroxylation is 1. The zero-order valence-electron chi connectivity index (χ0n) is 12.0. The molecule has 1 unspecified atom stereocenters. The number of amides is 1. The number of ether oxygens (including phenoxy) is 1. The number of fused-ring (bicyclic) bond motifs is 1. The SMILES string of the molecule is CCC1(Cn2c(=O)n(C)c3ccc(N)cc32)CNC(=O)O1. The molecule has 0 aliphatic carbocycles. The van der Waals surface area contributed by atoms with Gasteiger partial charge in [0, 0.05) is 12.7 Å². The second-order valence-electron chi connectivity index (χ2n) is 5.46. The van der Waals surface area contributed by atoms with E-state index in [9.17, 15) is 9.59 Å². The number of hydrogen-bond donors (Lipinski definition) is 2. The first-order valence-corrected chi connectivity index (χ1v) is 6.87. The second-order valence-corrected chi connectivity index (χ2v) is 5.46. The highest BCUT2D eigenvalue weighted by molar-refractivity contribution is 5.79. The quantitative estimate of drug-likeness (QED) is 0.818. The van der Waals surface area contributed by atoms with Gasteiger partial charge in [-0.2, -0.15) is 0 Å². The molecule has 3 rings (SSSR count). The lowest BCUT2D eigenvalue weighted by molar-refractivity contribution is 0.0391. The minimum absolute atomic E-state index is 0.147. The van der Waals surface area contributed by atoms with Crippen LogP contribution in [0.5, 0.6) is 0 Å². The summed E-state index contributed by atoms with van der Waals surface area (Å²) in [5, 5.41) is 2.66. The van der Waals surface area contributed by atoms with Crippen molar-refractivity contribution in [1.29, 1.82) is 0 Å². The molecule has 1 aromatic carbocycles. The molecule has 1 atom stereocenters. The molecule has 7 nitrogen and oxygen atoms in total. The van der Waals surface area contributed by atoms with Crippen LogP contribution in [0.15, 0.2) is 23.0 Å². The lowest BCUT2D eigenvalue weighted by atomic mass is 10.0. The van der Waals surface area contributed by atoms with Gasteiger partial charge < -0.3 is 15.8 Å². The van der Waals surface area contributed by atoms with Crippen molar-refractivity contribution in [3.05, 3.63) is 28.7 Å². The highest BCUT2D eigenvalue weighted by atomic mass is 16.6. The number of nitrogen functional groups attached to an aromatic ring is 1. The standard InChI is InChI=1S/C14H18N4O3/c1-3-14(7-16-12(19)21-14)8-18-11-6-9(15)4-5-10(11)17(2)13(18)20/h4-6H,3,7-8,15H2,1-2H3,(H,16,19). The van der Waals surface area contributed by atoms with E-state index in [2.05, 4.69) is 5.32 Å². The van der Waals surface area contributed by atoms with Crippen LogP contribution in [0.2, 0.25) is 0 Å². The van der Waals surface area contributed by atoms with Gasteiger partial charge in [-0.25, -0.2) is 9.59 Å². The third kappa shape index (κ3) is 2.05. The Kier molecular flexibility index (Phi) is 2.93. The molecule has 1 aliphatic heterocycles. The molecule has 1 aliphatic rings. The highest BCUT2D eigenvalue weighted by Crippen LogP contribution is 2.25. The van der Waals surface area contributed by atoms with Gasteiger partial charge in [0.2, 0.25) is 0 Å². The number of hydrogen-bond acceptors (Lipinski definition) is 4. The molecule has 0 spiro atoms. The summed E-state index contributed by atoms with van der Waals surface area (Å²) < 4.78 is 8.59. The summed E-state index contributed by atoms with van der Waals surface area (Å²) in [6.45, 7) is 2.64. The molecule has 112 valence electrons. The van der Waals surface area contributed by atoms with Gasteiger partial charge in [-0.1, -0.05) is 6.92 Å². The van der Waals surface area contributed by atoms with Crippen LogP contribution in [0.4, 0.5) is 10.5 Å². The van der Waals surface area contributed by atoms with Gasteiger partial charge in [0.15, 0.2) is 0 Å². The summed E-state index contributed by atoms with van der Waals surface area (Å²) in [5.74, 6) is 0. The number of imidazole rings is 1. The Morgan fingerprint density at radius 3 is 2.76 bits per heavy atom.